The fourth-order valence-electron chi connectivity index (χ4n) is 1.29. The van der Waals surface area contributed by atoms with Crippen molar-refractivity contribution in [2.75, 3.05) is 11.2 Å². The molecule has 9 heteroatoms. The molecule has 0 atom stereocenters. The van der Waals surface area contributed by atoms with Gasteiger partial charge in [0.25, 0.3) is 0 Å². The van der Waals surface area contributed by atoms with Gasteiger partial charge in [0.15, 0.2) is 0 Å². The molecule has 0 aliphatic heterocycles. The summed E-state index contributed by atoms with van der Waals surface area (Å²) in [4.78, 5) is 13.9. The number of rotatable bonds is 4. The number of phenolic OH excluding ortho intramolecular Hbond substituents is 1. The molecule has 0 radical (unpaired) electrons. The summed E-state index contributed by atoms with van der Waals surface area (Å²) in [6.07, 6.45) is 1.26. The number of thiazole rings is 1. The van der Waals surface area contributed by atoms with Crippen LogP contribution in [0.25, 0.3) is 0 Å². The number of anilines is 2. The predicted molar refractivity (Wildman–Crippen MR) is 72.5 cm³/mol. The Kier molecular flexibility index (Phi) is 3.57. The van der Waals surface area contributed by atoms with Gasteiger partial charge < -0.3 is 10.8 Å². The van der Waals surface area contributed by atoms with Gasteiger partial charge in [-0.15, -0.1) is 11.3 Å². The van der Waals surface area contributed by atoms with Crippen molar-refractivity contribution in [1.29, 1.82) is 0 Å². The van der Waals surface area contributed by atoms with Crippen molar-refractivity contribution < 1.29 is 10.0 Å². The van der Waals surface area contributed by atoms with Crippen LogP contribution in [0.15, 0.2) is 28.7 Å². The third-order valence-electron chi connectivity index (χ3n) is 2.13. The van der Waals surface area contributed by atoms with E-state index in [1.54, 1.807) is 5.38 Å². The Morgan fingerprint density at radius 3 is 3.00 bits per heavy atom. The van der Waals surface area contributed by atoms with Crippen LogP contribution in [0.1, 0.15) is 5.56 Å². The van der Waals surface area contributed by atoms with E-state index in [9.17, 15) is 15.2 Å². The zero-order chi connectivity index (χ0) is 13.8. The number of nitrogen functional groups attached to an aromatic ring is 1. The van der Waals surface area contributed by atoms with E-state index in [1.165, 1.54) is 35.8 Å². The number of nitrogens with one attached hydrogen (secondary N) is 1. The average molecular weight is 279 g/mol. The van der Waals surface area contributed by atoms with Crippen molar-refractivity contribution in [3.63, 3.8) is 0 Å². The molecule has 0 fully saturated rings. The van der Waals surface area contributed by atoms with Crippen molar-refractivity contribution in [3.05, 3.63) is 39.3 Å². The average Bonchev–Trinajstić information content (AvgIpc) is 2.77. The number of hydrogen-bond acceptors (Lipinski definition) is 8. The summed E-state index contributed by atoms with van der Waals surface area (Å²) >= 11 is 1.27. The smallest absolute Gasteiger partial charge is 0.311 e. The number of aromatic nitrogens is 1. The summed E-state index contributed by atoms with van der Waals surface area (Å²) in [5, 5.41) is 26.2. The Morgan fingerprint density at radius 2 is 2.37 bits per heavy atom. The van der Waals surface area contributed by atoms with E-state index >= 15 is 0 Å². The van der Waals surface area contributed by atoms with E-state index in [0.29, 0.717) is 10.9 Å². The minimum Gasteiger partial charge on any atom is -0.502 e. The van der Waals surface area contributed by atoms with Gasteiger partial charge in [-0.3, -0.25) is 15.5 Å². The maximum absolute atomic E-state index is 10.6. The molecule has 4 N–H and O–H groups in total. The first-order chi connectivity index (χ1) is 9.08. The second-order valence-electron chi connectivity index (χ2n) is 3.42. The summed E-state index contributed by atoms with van der Waals surface area (Å²) in [5.74, 6) is -0.0578. The van der Waals surface area contributed by atoms with Crippen molar-refractivity contribution in [2.24, 2.45) is 5.10 Å². The Labute approximate surface area is 111 Å². The highest BCUT2D eigenvalue weighted by Gasteiger charge is 2.14. The topological polar surface area (TPSA) is 127 Å². The van der Waals surface area contributed by atoms with E-state index in [4.69, 9.17) is 5.73 Å². The molecular weight excluding hydrogens is 270 g/mol. The summed E-state index contributed by atoms with van der Waals surface area (Å²) in [6.45, 7) is 0. The van der Waals surface area contributed by atoms with Gasteiger partial charge in [0.05, 0.1) is 11.1 Å². The van der Waals surface area contributed by atoms with E-state index in [1.807, 2.05) is 0 Å². The lowest BCUT2D eigenvalue weighted by Gasteiger charge is -1.99. The van der Waals surface area contributed by atoms with Gasteiger partial charge in [0.2, 0.25) is 10.9 Å². The van der Waals surface area contributed by atoms with Crippen LogP contribution < -0.4 is 11.2 Å². The van der Waals surface area contributed by atoms with Crippen LogP contribution in [0.5, 0.6) is 5.75 Å². The number of nitro groups is 1. The lowest BCUT2D eigenvalue weighted by molar-refractivity contribution is -0.385. The van der Waals surface area contributed by atoms with Gasteiger partial charge in [-0.1, -0.05) is 6.07 Å². The maximum atomic E-state index is 10.6. The minimum absolute atomic E-state index is 0.228. The molecule has 0 aliphatic rings. The van der Waals surface area contributed by atoms with Crippen molar-refractivity contribution in [1.82, 2.24) is 4.98 Å². The number of benzene rings is 1. The fourth-order valence-corrected chi connectivity index (χ4v) is 1.84. The van der Waals surface area contributed by atoms with Gasteiger partial charge in [-0.2, -0.15) is 5.10 Å². The molecule has 8 nitrogen and oxygen atoms in total. The Bertz CT molecular complexity index is 640. The number of nitro benzene ring substituents is 1. The van der Waals surface area contributed by atoms with Crippen molar-refractivity contribution in [2.45, 2.75) is 0 Å². The first-order valence-corrected chi connectivity index (χ1v) is 5.92. The molecule has 0 aliphatic carbocycles. The number of nitrogens with two attached hydrogens (primary N) is 1. The summed E-state index contributed by atoms with van der Waals surface area (Å²) < 4.78 is 0. The molecule has 19 heavy (non-hydrogen) atoms. The van der Waals surface area contributed by atoms with Gasteiger partial charge >= 0.3 is 5.69 Å². The molecule has 0 bridgehead atoms. The van der Waals surface area contributed by atoms with E-state index < -0.39 is 10.7 Å². The molecule has 0 unspecified atom stereocenters. The minimum atomic E-state index is -0.665. The third kappa shape index (κ3) is 2.96. The lowest BCUT2D eigenvalue weighted by atomic mass is 10.2. The maximum Gasteiger partial charge on any atom is 0.311 e. The zero-order valence-corrected chi connectivity index (χ0v) is 10.3. The van der Waals surface area contributed by atoms with Gasteiger partial charge in [0.1, 0.15) is 5.82 Å². The Hall–Kier alpha value is -2.68. The summed E-state index contributed by atoms with van der Waals surface area (Å²) in [7, 11) is 0. The summed E-state index contributed by atoms with van der Waals surface area (Å²) in [6, 6.07) is 4.17. The van der Waals surface area contributed by atoms with E-state index in [-0.39, 0.29) is 11.3 Å². The Balaban J connectivity index is 2.15. The lowest BCUT2D eigenvalue weighted by Crippen LogP contribution is -1.94. The SMILES string of the molecule is Nc1csc(NN=Cc2cccc([N+](=O)[O-])c2O)n1. The van der Waals surface area contributed by atoms with Gasteiger partial charge in [-0.05, 0) is 6.07 Å². The number of aromatic hydroxyl groups is 1. The highest BCUT2D eigenvalue weighted by Crippen LogP contribution is 2.28. The largest absolute Gasteiger partial charge is 0.502 e. The number of nitrogens with zero attached hydrogens (tertiary/aromatic N) is 3. The first-order valence-electron chi connectivity index (χ1n) is 5.04. The number of hydrogen-bond donors (Lipinski definition) is 3. The molecule has 0 saturated heterocycles. The van der Waals surface area contributed by atoms with Crippen molar-refractivity contribution >= 4 is 34.2 Å². The molecule has 1 aromatic heterocycles. The second kappa shape index (κ2) is 5.31. The molecule has 0 amide bonds. The molecule has 2 rings (SSSR count). The highest BCUT2D eigenvalue weighted by molar-refractivity contribution is 7.14. The van der Waals surface area contributed by atoms with Gasteiger partial charge in [-0.25, -0.2) is 4.98 Å². The highest BCUT2D eigenvalue weighted by atomic mass is 32.1. The first kappa shape index (κ1) is 12.8. The van der Waals surface area contributed by atoms with Crippen LogP contribution in [0.2, 0.25) is 0 Å². The fraction of sp³-hybridized carbons (Fsp3) is 0. The summed E-state index contributed by atoms with van der Waals surface area (Å²) in [5.41, 5.74) is 7.89. The zero-order valence-electron chi connectivity index (χ0n) is 9.48. The quantitative estimate of drug-likeness (QED) is 0.445. The van der Waals surface area contributed by atoms with Gasteiger partial charge in [0, 0.05) is 17.0 Å². The monoisotopic (exact) mass is 279 g/mol. The molecule has 2 aromatic rings. The van der Waals surface area contributed by atoms with Crippen LogP contribution in [0.4, 0.5) is 16.6 Å². The van der Waals surface area contributed by atoms with Crippen LogP contribution >= 0.6 is 11.3 Å². The molecule has 1 heterocycles. The molecule has 0 spiro atoms. The Morgan fingerprint density at radius 1 is 1.58 bits per heavy atom. The van der Waals surface area contributed by atoms with E-state index in [2.05, 4.69) is 15.5 Å². The van der Waals surface area contributed by atoms with Crippen LogP contribution in [0.3, 0.4) is 0 Å². The third-order valence-corrected chi connectivity index (χ3v) is 2.89. The number of hydrazone groups is 1. The standard InChI is InChI=1S/C10H9N5O3S/c11-8-5-19-10(13-8)14-12-4-6-2-1-3-7(9(6)16)15(17)18/h1-5,16H,11H2,(H,13,14). The molecule has 0 saturated carbocycles. The van der Waals surface area contributed by atoms with Crippen LogP contribution in [0, 0.1) is 10.1 Å². The number of para-hydroxylation sites is 1. The van der Waals surface area contributed by atoms with E-state index in [0.717, 1.165) is 0 Å². The second-order valence-corrected chi connectivity index (χ2v) is 4.28. The van der Waals surface area contributed by atoms with Crippen LogP contribution in [-0.2, 0) is 0 Å². The molecular formula is C10H9N5O3S. The predicted octanol–water partition coefficient (Wildman–Crippen LogP) is 1.79. The normalized spacial score (nSPS) is 10.7. The molecule has 1 aromatic carbocycles. The van der Waals surface area contributed by atoms with Crippen LogP contribution in [-0.4, -0.2) is 21.2 Å². The molecule has 98 valence electrons. The van der Waals surface area contributed by atoms with Crippen molar-refractivity contribution in [3.8, 4) is 5.75 Å². The number of phenols is 1.